The predicted molar refractivity (Wildman–Crippen MR) is 361 cm³/mol. The number of unbranched alkanes of at least 4 members (excludes halogenated alkanes) is 55. The number of rotatable bonds is 70. The molecule has 2 atom stereocenters. The second kappa shape index (κ2) is 71.6. The third-order valence-corrected chi connectivity index (χ3v) is 17.4. The molecule has 0 bridgehead atoms. The maximum Gasteiger partial charge on any atom is 0.305 e. The molecule has 3 N–H and O–H groups in total. The summed E-state index contributed by atoms with van der Waals surface area (Å²) < 4.78 is 5.51. The van der Waals surface area contributed by atoms with Crippen LogP contribution in [0, 0.1) is 0 Å². The quantitative estimate of drug-likeness (QED) is 0.0320. The molecule has 0 aliphatic carbocycles. The molecule has 1 amide bonds. The van der Waals surface area contributed by atoms with Gasteiger partial charge in [0.25, 0.3) is 0 Å². The summed E-state index contributed by atoms with van der Waals surface area (Å²) in [6.45, 7) is 4.93. The highest BCUT2D eigenvalue weighted by molar-refractivity contribution is 5.76. The molecule has 0 saturated heterocycles. The smallest absolute Gasteiger partial charge is 0.305 e. The molecule has 0 aromatic heterocycles. The maximum atomic E-state index is 12.5. The first-order valence-corrected chi connectivity index (χ1v) is 37.3. The van der Waals surface area contributed by atoms with Gasteiger partial charge in [0.15, 0.2) is 0 Å². The monoisotopic (exact) mass is 1150 g/mol. The lowest BCUT2D eigenvalue weighted by Crippen LogP contribution is -2.45. The van der Waals surface area contributed by atoms with Gasteiger partial charge in [-0.1, -0.05) is 352 Å². The molecule has 0 rings (SSSR count). The molecule has 0 radical (unpaired) electrons. The van der Waals surface area contributed by atoms with Gasteiger partial charge in [0, 0.05) is 12.8 Å². The van der Waals surface area contributed by atoms with Crippen LogP contribution in [0.2, 0.25) is 0 Å². The molecule has 0 fully saturated rings. The van der Waals surface area contributed by atoms with E-state index in [-0.39, 0.29) is 18.5 Å². The van der Waals surface area contributed by atoms with Crippen LogP contribution in [0.4, 0.5) is 0 Å². The van der Waals surface area contributed by atoms with E-state index in [2.05, 4.69) is 43.5 Å². The molecule has 0 aliphatic rings. The van der Waals surface area contributed by atoms with Crippen molar-refractivity contribution in [2.75, 3.05) is 13.2 Å². The van der Waals surface area contributed by atoms with Crippen molar-refractivity contribution in [2.45, 2.75) is 424 Å². The van der Waals surface area contributed by atoms with E-state index in [9.17, 15) is 19.8 Å². The van der Waals surface area contributed by atoms with Gasteiger partial charge < -0.3 is 20.3 Å². The van der Waals surface area contributed by atoms with Crippen LogP contribution in [0.1, 0.15) is 412 Å². The van der Waals surface area contributed by atoms with E-state index in [1.54, 1.807) is 6.08 Å². The number of aliphatic hydroxyl groups is 2. The number of carbonyl (C=O) groups is 2. The highest BCUT2D eigenvalue weighted by Crippen LogP contribution is 2.19. The molecule has 6 nitrogen and oxygen atoms in total. The minimum atomic E-state index is -0.851. The lowest BCUT2D eigenvalue weighted by atomic mass is 10.0. The standard InChI is InChI=1S/C76H145NO5/c1-3-5-7-9-11-13-15-17-19-21-23-24-25-26-29-33-36-40-44-48-52-56-60-64-68-74(79)73(72-78)77-75(80)69-65-61-57-53-49-45-41-37-34-30-27-28-31-35-39-43-47-51-55-59-63-67-71-82-76(81)70-66-62-58-54-50-46-42-38-32-22-20-18-16-14-12-10-8-6-4-2/h18,20,30,34,64,68,73-74,78-79H,3-17,19,21-29,31-33,35-63,65-67,69-72H2,1-2H3,(H,77,80)/b20-18-,34-30-,68-64+. The van der Waals surface area contributed by atoms with Gasteiger partial charge >= 0.3 is 5.97 Å². The van der Waals surface area contributed by atoms with E-state index in [4.69, 9.17) is 4.74 Å². The summed E-state index contributed by atoms with van der Waals surface area (Å²) in [5.74, 6) is -0.0610. The molecule has 6 heteroatoms. The Bertz CT molecular complexity index is 1330. The molecule has 0 spiro atoms. The van der Waals surface area contributed by atoms with Gasteiger partial charge in [-0.25, -0.2) is 0 Å². The van der Waals surface area contributed by atoms with Crippen molar-refractivity contribution in [1.82, 2.24) is 5.32 Å². The average Bonchev–Trinajstić information content (AvgIpc) is 3.48. The lowest BCUT2D eigenvalue weighted by Gasteiger charge is -2.20. The van der Waals surface area contributed by atoms with Crippen molar-refractivity contribution in [2.24, 2.45) is 0 Å². The fourth-order valence-electron chi connectivity index (χ4n) is 11.7. The van der Waals surface area contributed by atoms with E-state index >= 15 is 0 Å². The van der Waals surface area contributed by atoms with Crippen LogP contribution in [0.5, 0.6) is 0 Å². The van der Waals surface area contributed by atoms with Crippen LogP contribution in [-0.4, -0.2) is 47.4 Å². The van der Waals surface area contributed by atoms with Crippen LogP contribution in [0.25, 0.3) is 0 Å². The highest BCUT2D eigenvalue weighted by atomic mass is 16.5. The summed E-state index contributed by atoms with van der Waals surface area (Å²) in [5, 5.41) is 23.3. The van der Waals surface area contributed by atoms with E-state index < -0.39 is 12.1 Å². The molecule has 484 valence electrons. The van der Waals surface area contributed by atoms with Crippen molar-refractivity contribution in [1.29, 1.82) is 0 Å². The maximum absolute atomic E-state index is 12.5. The van der Waals surface area contributed by atoms with Crippen molar-refractivity contribution in [3.05, 3.63) is 36.5 Å². The van der Waals surface area contributed by atoms with Gasteiger partial charge in [0.2, 0.25) is 5.91 Å². The largest absolute Gasteiger partial charge is 0.466 e. The van der Waals surface area contributed by atoms with E-state index in [1.807, 2.05) is 6.08 Å². The Morgan fingerprint density at radius 2 is 0.573 bits per heavy atom. The number of carbonyl (C=O) groups excluding carboxylic acids is 2. The molecule has 0 saturated carbocycles. The summed E-state index contributed by atoms with van der Waals surface area (Å²) in [6.07, 6.45) is 92.3. The summed E-state index contributed by atoms with van der Waals surface area (Å²) in [7, 11) is 0. The molecular formula is C76H145NO5. The second-order valence-corrected chi connectivity index (χ2v) is 25.6. The van der Waals surface area contributed by atoms with Crippen molar-refractivity contribution in [3.63, 3.8) is 0 Å². The summed E-state index contributed by atoms with van der Waals surface area (Å²) in [4.78, 5) is 24.7. The van der Waals surface area contributed by atoms with Crippen molar-refractivity contribution in [3.8, 4) is 0 Å². The Balaban J connectivity index is 3.43. The zero-order valence-corrected chi connectivity index (χ0v) is 55.5. The Morgan fingerprint density at radius 3 is 0.866 bits per heavy atom. The Kier molecular flexibility index (Phi) is 69.9. The van der Waals surface area contributed by atoms with E-state index in [0.29, 0.717) is 19.4 Å². The fourth-order valence-corrected chi connectivity index (χ4v) is 11.7. The number of ether oxygens (including phenoxy) is 1. The Labute approximate surface area is 513 Å². The molecule has 82 heavy (non-hydrogen) atoms. The molecular weight excluding hydrogens is 1010 g/mol. The number of nitrogens with one attached hydrogen (secondary N) is 1. The number of allylic oxidation sites excluding steroid dienone is 5. The van der Waals surface area contributed by atoms with Crippen molar-refractivity contribution >= 4 is 11.9 Å². The van der Waals surface area contributed by atoms with Gasteiger partial charge in [0.1, 0.15) is 0 Å². The first kappa shape index (κ1) is 80.1. The first-order chi connectivity index (χ1) is 40.5. The molecule has 0 heterocycles. The van der Waals surface area contributed by atoms with Gasteiger partial charge in [-0.05, 0) is 83.5 Å². The van der Waals surface area contributed by atoms with Crippen molar-refractivity contribution < 1.29 is 24.5 Å². The third-order valence-electron chi connectivity index (χ3n) is 17.4. The molecule has 0 aromatic carbocycles. The predicted octanol–water partition coefficient (Wildman–Crippen LogP) is 24.3. The second-order valence-electron chi connectivity index (χ2n) is 25.6. The van der Waals surface area contributed by atoms with E-state index in [1.165, 1.54) is 334 Å². The van der Waals surface area contributed by atoms with Gasteiger partial charge in [0.05, 0.1) is 25.4 Å². The number of amides is 1. The summed E-state index contributed by atoms with van der Waals surface area (Å²) in [6, 6.07) is -0.635. The number of hydrogen-bond acceptors (Lipinski definition) is 5. The van der Waals surface area contributed by atoms with E-state index in [0.717, 1.165) is 51.4 Å². The topological polar surface area (TPSA) is 95.9 Å². The first-order valence-electron chi connectivity index (χ1n) is 37.3. The molecule has 0 aliphatic heterocycles. The Morgan fingerprint density at radius 1 is 0.329 bits per heavy atom. The average molecular weight is 1150 g/mol. The summed E-state index contributed by atoms with van der Waals surface area (Å²) in [5.41, 5.74) is 0. The van der Waals surface area contributed by atoms with Gasteiger partial charge in [-0.15, -0.1) is 0 Å². The van der Waals surface area contributed by atoms with Gasteiger partial charge in [-0.2, -0.15) is 0 Å². The Hall–Kier alpha value is -1.92. The lowest BCUT2D eigenvalue weighted by molar-refractivity contribution is -0.143. The van der Waals surface area contributed by atoms with Gasteiger partial charge in [-0.3, -0.25) is 9.59 Å². The van der Waals surface area contributed by atoms with Crippen LogP contribution in [-0.2, 0) is 14.3 Å². The molecule has 2 unspecified atom stereocenters. The zero-order chi connectivity index (χ0) is 59.2. The van der Waals surface area contributed by atoms with Crippen LogP contribution in [0.15, 0.2) is 36.5 Å². The van der Waals surface area contributed by atoms with Crippen LogP contribution >= 0.6 is 0 Å². The number of aliphatic hydroxyl groups excluding tert-OH is 2. The summed E-state index contributed by atoms with van der Waals surface area (Å²) >= 11 is 0. The zero-order valence-electron chi connectivity index (χ0n) is 55.5. The van der Waals surface area contributed by atoms with Crippen LogP contribution in [0.3, 0.4) is 0 Å². The molecule has 0 aromatic rings. The minimum Gasteiger partial charge on any atom is -0.466 e. The third kappa shape index (κ3) is 67.2. The SMILES string of the molecule is CCCCCCCC/C=C\CCCCCCCCCCCC(=O)OCCCCCCCCCCCCC/C=C\CCCCCCCCCC(=O)NC(CO)C(O)/C=C/CCCCCCCCCCCCCCCCCCCCCCCC. The minimum absolute atomic E-state index is 0.00980. The normalized spacial score (nSPS) is 12.7. The van der Waals surface area contributed by atoms with Crippen LogP contribution < -0.4 is 5.32 Å². The number of hydrogen-bond donors (Lipinski definition) is 3. The number of esters is 1. The fraction of sp³-hybridized carbons (Fsp3) is 0.895. The highest BCUT2D eigenvalue weighted by Gasteiger charge is 2.18.